The molecule has 0 aliphatic carbocycles. The van der Waals surface area contributed by atoms with Gasteiger partial charge in [-0.25, -0.2) is 4.98 Å². The van der Waals surface area contributed by atoms with Crippen LogP contribution in [0.1, 0.15) is 17.0 Å². The third-order valence-corrected chi connectivity index (χ3v) is 3.24. The van der Waals surface area contributed by atoms with Gasteiger partial charge >= 0.3 is 5.97 Å². The molecule has 1 aromatic carbocycles. The van der Waals surface area contributed by atoms with E-state index < -0.39 is 17.9 Å². The molecule has 20 heavy (non-hydrogen) atoms. The smallest absolute Gasteiger partial charge is 0.308 e. The highest BCUT2D eigenvalue weighted by molar-refractivity contribution is 9.10. The average Bonchev–Trinajstić information content (AvgIpc) is 2.36. The lowest BCUT2D eigenvalue weighted by molar-refractivity contribution is -0.136. The number of nitrogens with two attached hydrogens (primary N) is 1. The van der Waals surface area contributed by atoms with Crippen LogP contribution in [0.5, 0.6) is 0 Å². The largest absolute Gasteiger partial charge is 0.481 e. The molecule has 0 radical (unpaired) electrons. The Labute approximate surface area is 122 Å². The zero-order chi connectivity index (χ0) is 14.7. The first-order chi connectivity index (χ1) is 9.45. The number of nitrogen functional groups attached to an aromatic ring is 1. The summed E-state index contributed by atoms with van der Waals surface area (Å²) in [4.78, 5) is 29.1. The van der Waals surface area contributed by atoms with E-state index >= 15 is 0 Å². The number of carboxylic acid groups (broad SMARTS) is 1. The summed E-state index contributed by atoms with van der Waals surface area (Å²) in [6.45, 7) is 0. The van der Waals surface area contributed by atoms with Crippen molar-refractivity contribution in [3.8, 4) is 0 Å². The first-order valence-corrected chi connectivity index (χ1v) is 6.59. The maximum absolute atomic E-state index is 11.8. The van der Waals surface area contributed by atoms with Gasteiger partial charge < -0.3 is 15.8 Å². The standard InChI is InChI=1S/C13H12BrN3O3/c14-8-3-1-7(2-4-8)5-10-16-12(15)9(6-11(18)19)13(20)17-10/h1-4H,5-6H2,(H,18,19)(H3,15,16,17,20). The summed E-state index contributed by atoms with van der Waals surface area (Å²) in [6, 6.07) is 7.56. The topological polar surface area (TPSA) is 109 Å². The van der Waals surface area contributed by atoms with E-state index in [4.69, 9.17) is 10.8 Å². The van der Waals surface area contributed by atoms with Gasteiger partial charge in [-0.05, 0) is 17.7 Å². The molecule has 0 amide bonds. The number of benzene rings is 1. The van der Waals surface area contributed by atoms with Gasteiger partial charge in [-0.1, -0.05) is 28.1 Å². The van der Waals surface area contributed by atoms with E-state index in [1.807, 2.05) is 24.3 Å². The SMILES string of the molecule is Nc1nc(Cc2ccc(Br)cc2)[nH]c(=O)c1CC(=O)O. The van der Waals surface area contributed by atoms with Crippen LogP contribution in [-0.4, -0.2) is 21.0 Å². The molecule has 0 aliphatic heterocycles. The Balaban J connectivity index is 2.28. The van der Waals surface area contributed by atoms with Crippen LogP contribution in [0.25, 0.3) is 0 Å². The van der Waals surface area contributed by atoms with E-state index in [9.17, 15) is 9.59 Å². The number of aromatic nitrogens is 2. The minimum atomic E-state index is -1.12. The quantitative estimate of drug-likeness (QED) is 0.779. The van der Waals surface area contributed by atoms with Gasteiger partial charge in [-0.3, -0.25) is 9.59 Å². The molecule has 0 fully saturated rings. The van der Waals surface area contributed by atoms with E-state index in [0.717, 1.165) is 10.0 Å². The summed E-state index contributed by atoms with van der Waals surface area (Å²) in [7, 11) is 0. The molecule has 2 rings (SSSR count). The number of nitrogens with zero attached hydrogens (tertiary/aromatic N) is 1. The molecule has 0 atom stereocenters. The van der Waals surface area contributed by atoms with Crippen molar-refractivity contribution in [1.82, 2.24) is 9.97 Å². The van der Waals surface area contributed by atoms with Crippen molar-refractivity contribution in [2.75, 3.05) is 5.73 Å². The average molecular weight is 338 g/mol. The second kappa shape index (κ2) is 5.87. The molecule has 7 heteroatoms. The number of aromatic amines is 1. The highest BCUT2D eigenvalue weighted by Crippen LogP contribution is 2.13. The van der Waals surface area contributed by atoms with Crippen LogP contribution in [0.2, 0.25) is 0 Å². The van der Waals surface area contributed by atoms with Crippen molar-refractivity contribution in [2.24, 2.45) is 0 Å². The predicted octanol–water partition coefficient (Wildman–Crippen LogP) is 1.33. The van der Waals surface area contributed by atoms with Crippen molar-refractivity contribution in [2.45, 2.75) is 12.8 Å². The van der Waals surface area contributed by atoms with Crippen LogP contribution in [0.15, 0.2) is 33.5 Å². The Morgan fingerprint density at radius 1 is 1.35 bits per heavy atom. The van der Waals surface area contributed by atoms with Gasteiger partial charge in [0.05, 0.1) is 12.0 Å². The molecule has 0 aliphatic rings. The van der Waals surface area contributed by atoms with Crippen LogP contribution >= 0.6 is 15.9 Å². The molecule has 6 nitrogen and oxygen atoms in total. The lowest BCUT2D eigenvalue weighted by Gasteiger charge is -2.06. The van der Waals surface area contributed by atoms with Crippen molar-refractivity contribution in [3.63, 3.8) is 0 Å². The normalized spacial score (nSPS) is 10.4. The minimum absolute atomic E-state index is 0.0166. The minimum Gasteiger partial charge on any atom is -0.481 e. The summed E-state index contributed by atoms with van der Waals surface area (Å²) < 4.78 is 0.957. The fourth-order valence-electron chi connectivity index (χ4n) is 1.77. The number of nitrogens with one attached hydrogen (secondary N) is 1. The second-order valence-corrected chi connectivity index (χ2v) is 5.17. The molecule has 4 N–H and O–H groups in total. The highest BCUT2D eigenvalue weighted by atomic mass is 79.9. The fraction of sp³-hybridized carbons (Fsp3) is 0.154. The molecule has 0 bridgehead atoms. The van der Waals surface area contributed by atoms with Crippen LogP contribution in [0.4, 0.5) is 5.82 Å². The lowest BCUT2D eigenvalue weighted by Crippen LogP contribution is -2.22. The number of rotatable bonds is 4. The van der Waals surface area contributed by atoms with Crippen molar-refractivity contribution >= 4 is 27.7 Å². The molecular weight excluding hydrogens is 326 g/mol. The number of carboxylic acids is 1. The van der Waals surface area contributed by atoms with Gasteiger partial charge in [-0.15, -0.1) is 0 Å². The zero-order valence-corrected chi connectivity index (χ0v) is 12.0. The molecule has 0 unspecified atom stereocenters. The van der Waals surface area contributed by atoms with Gasteiger partial charge in [0.15, 0.2) is 0 Å². The summed E-state index contributed by atoms with van der Waals surface area (Å²) >= 11 is 3.34. The van der Waals surface area contributed by atoms with Gasteiger partial charge in [0.2, 0.25) is 0 Å². The molecule has 1 heterocycles. The second-order valence-electron chi connectivity index (χ2n) is 4.25. The number of halogens is 1. The molecule has 104 valence electrons. The number of hydrogen-bond donors (Lipinski definition) is 3. The fourth-order valence-corrected chi connectivity index (χ4v) is 2.03. The van der Waals surface area contributed by atoms with Crippen LogP contribution < -0.4 is 11.3 Å². The molecular formula is C13H12BrN3O3. The molecule has 1 aromatic heterocycles. The van der Waals surface area contributed by atoms with Crippen molar-refractivity contribution in [1.29, 1.82) is 0 Å². The Morgan fingerprint density at radius 3 is 2.55 bits per heavy atom. The van der Waals surface area contributed by atoms with Crippen LogP contribution in [0.3, 0.4) is 0 Å². The van der Waals surface area contributed by atoms with E-state index in [2.05, 4.69) is 25.9 Å². The monoisotopic (exact) mass is 337 g/mol. The maximum atomic E-state index is 11.8. The zero-order valence-electron chi connectivity index (χ0n) is 10.4. The van der Waals surface area contributed by atoms with Gasteiger partial charge in [0.25, 0.3) is 5.56 Å². The van der Waals surface area contributed by atoms with Crippen molar-refractivity contribution in [3.05, 3.63) is 56.0 Å². The Hall–Kier alpha value is -2.15. The Kier molecular flexibility index (Phi) is 4.19. The van der Waals surface area contributed by atoms with Gasteiger partial charge in [0, 0.05) is 10.9 Å². The number of aliphatic carboxylic acids is 1. The number of carbonyl (C=O) groups is 1. The van der Waals surface area contributed by atoms with E-state index in [1.54, 1.807) is 0 Å². The number of hydrogen-bond acceptors (Lipinski definition) is 4. The third kappa shape index (κ3) is 3.45. The summed E-state index contributed by atoms with van der Waals surface area (Å²) in [5.74, 6) is -0.753. The summed E-state index contributed by atoms with van der Waals surface area (Å²) in [5.41, 5.74) is 6.08. The Bertz CT molecular complexity index is 695. The lowest BCUT2D eigenvalue weighted by atomic mass is 10.1. The highest BCUT2D eigenvalue weighted by Gasteiger charge is 2.12. The summed E-state index contributed by atoms with van der Waals surface area (Å²) in [6.07, 6.45) is -0.0210. The number of H-pyrrole nitrogens is 1. The molecule has 2 aromatic rings. The van der Waals surface area contributed by atoms with E-state index in [-0.39, 0.29) is 11.4 Å². The van der Waals surface area contributed by atoms with Crippen LogP contribution in [0, 0.1) is 0 Å². The molecule has 0 spiro atoms. The Morgan fingerprint density at radius 2 is 2.00 bits per heavy atom. The molecule has 0 saturated carbocycles. The summed E-state index contributed by atoms with van der Waals surface area (Å²) in [5, 5.41) is 8.71. The van der Waals surface area contributed by atoms with E-state index in [0.29, 0.717) is 12.2 Å². The van der Waals surface area contributed by atoms with Crippen LogP contribution in [-0.2, 0) is 17.6 Å². The first kappa shape index (κ1) is 14.3. The third-order valence-electron chi connectivity index (χ3n) is 2.71. The van der Waals surface area contributed by atoms with Gasteiger partial charge in [0.1, 0.15) is 11.6 Å². The van der Waals surface area contributed by atoms with E-state index in [1.165, 1.54) is 0 Å². The van der Waals surface area contributed by atoms with Gasteiger partial charge in [-0.2, -0.15) is 0 Å². The maximum Gasteiger partial charge on any atom is 0.308 e. The number of anilines is 1. The molecule has 0 saturated heterocycles. The predicted molar refractivity (Wildman–Crippen MR) is 77.6 cm³/mol. The first-order valence-electron chi connectivity index (χ1n) is 5.79. The van der Waals surface area contributed by atoms with Crippen molar-refractivity contribution < 1.29 is 9.90 Å².